The Morgan fingerprint density at radius 2 is 1.62 bits per heavy atom. The first kappa shape index (κ1) is 27.3. The molecule has 0 heterocycles. The highest BCUT2D eigenvalue weighted by Gasteiger charge is 2.38. The molecule has 2 unspecified atom stereocenters. The first-order valence-electron chi connectivity index (χ1n) is 12.7. The summed E-state index contributed by atoms with van der Waals surface area (Å²) in [6, 6.07) is 21.9. The fourth-order valence-electron chi connectivity index (χ4n) is 4.55. The van der Waals surface area contributed by atoms with Gasteiger partial charge in [-0.15, -0.1) is 0 Å². The molecule has 37 heavy (non-hydrogen) atoms. The Labute approximate surface area is 229 Å². The SMILES string of the molecule is Cc1cc(Cl)c(OCCOc2ccc(CC(CN)C(=O)N(C3CC3)C(C)c3ccccc3)cc2)c(Cl)c1. The number of carbonyl (C=O) groups is 1. The van der Waals surface area contributed by atoms with Crippen LogP contribution in [0, 0.1) is 12.8 Å². The number of carbonyl (C=O) groups excluding carboxylic acids is 1. The smallest absolute Gasteiger partial charge is 0.228 e. The molecule has 1 aliphatic rings. The van der Waals surface area contributed by atoms with Gasteiger partial charge in [0.05, 0.1) is 22.0 Å². The van der Waals surface area contributed by atoms with E-state index in [4.69, 9.17) is 38.4 Å². The van der Waals surface area contributed by atoms with Crippen molar-refractivity contribution < 1.29 is 14.3 Å². The maximum Gasteiger partial charge on any atom is 0.228 e. The van der Waals surface area contributed by atoms with Crippen LogP contribution in [0.15, 0.2) is 66.7 Å². The normalized spacial score (nSPS) is 14.6. The van der Waals surface area contributed by atoms with Crippen molar-refractivity contribution in [3.8, 4) is 11.5 Å². The molecule has 5 nitrogen and oxygen atoms in total. The van der Waals surface area contributed by atoms with E-state index in [0.29, 0.717) is 48.0 Å². The molecule has 0 bridgehead atoms. The molecule has 196 valence electrons. The number of nitrogens with zero attached hydrogens (tertiary/aromatic N) is 1. The summed E-state index contributed by atoms with van der Waals surface area (Å²) < 4.78 is 11.5. The lowest BCUT2D eigenvalue weighted by atomic mass is 9.96. The van der Waals surface area contributed by atoms with Gasteiger partial charge in [-0.2, -0.15) is 0 Å². The fourth-order valence-corrected chi connectivity index (χ4v) is 5.25. The highest BCUT2D eigenvalue weighted by Crippen LogP contribution is 2.36. The number of halogens is 2. The molecular formula is C30H34Cl2N2O3. The topological polar surface area (TPSA) is 64.8 Å². The van der Waals surface area contributed by atoms with E-state index in [-0.39, 0.29) is 17.9 Å². The minimum atomic E-state index is -0.268. The average Bonchev–Trinajstić information content (AvgIpc) is 3.72. The first-order chi connectivity index (χ1) is 17.9. The Balaban J connectivity index is 1.31. The molecule has 2 atom stereocenters. The maximum atomic E-state index is 13.6. The third-order valence-corrected chi connectivity index (χ3v) is 7.24. The zero-order valence-corrected chi connectivity index (χ0v) is 22.8. The Morgan fingerprint density at radius 1 is 1.00 bits per heavy atom. The van der Waals surface area contributed by atoms with E-state index in [9.17, 15) is 4.79 Å². The van der Waals surface area contributed by atoms with E-state index in [1.807, 2.05) is 61.5 Å². The van der Waals surface area contributed by atoms with Crippen molar-refractivity contribution in [2.45, 2.75) is 45.2 Å². The van der Waals surface area contributed by atoms with E-state index in [1.54, 1.807) is 0 Å². The van der Waals surface area contributed by atoms with Gasteiger partial charge in [0.15, 0.2) is 5.75 Å². The molecule has 7 heteroatoms. The monoisotopic (exact) mass is 540 g/mol. The lowest BCUT2D eigenvalue weighted by Gasteiger charge is -2.33. The van der Waals surface area contributed by atoms with Gasteiger partial charge in [-0.05, 0) is 74.1 Å². The number of ether oxygens (including phenoxy) is 2. The first-order valence-corrected chi connectivity index (χ1v) is 13.5. The number of hydrogen-bond donors (Lipinski definition) is 1. The van der Waals surface area contributed by atoms with Crippen LogP contribution in [0.4, 0.5) is 0 Å². The summed E-state index contributed by atoms with van der Waals surface area (Å²) >= 11 is 12.5. The van der Waals surface area contributed by atoms with Crippen molar-refractivity contribution in [1.82, 2.24) is 4.90 Å². The summed E-state index contributed by atoms with van der Waals surface area (Å²) in [7, 11) is 0. The number of benzene rings is 3. The van der Waals surface area contributed by atoms with Crippen molar-refractivity contribution in [2.75, 3.05) is 19.8 Å². The second-order valence-corrected chi connectivity index (χ2v) is 10.4. The predicted molar refractivity (Wildman–Crippen MR) is 150 cm³/mol. The van der Waals surface area contributed by atoms with Gasteiger partial charge in [0.2, 0.25) is 5.91 Å². The van der Waals surface area contributed by atoms with Crippen LogP contribution in [-0.4, -0.2) is 36.6 Å². The predicted octanol–water partition coefficient (Wildman–Crippen LogP) is 6.63. The van der Waals surface area contributed by atoms with Gasteiger partial charge >= 0.3 is 0 Å². The summed E-state index contributed by atoms with van der Waals surface area (Å²) in [4.78, 5) is 15.6. The third kappa shape index (κ3) is 7.19. The maximum absolute atomic E-state index is 13.6. The third-order valence-electron chi connectivity index (χ3n) is 6.67. The molecule has 4 rings (SSSR count). The van der Waals surface area contributed by atoms with Crippen LogP contribution in [0.25, 0.3) is 0 Å². The number of aryl methyl sites for hydroxylation is 1. The Kier molecular flexibility index (Phi) is 9.36. The zero-order valence-electron chi connectivity index (χ0n) is 21.3. The quantitative estimate of drug-likeness (QED) is 0.262. The molecule has 1 aliphatic carbocycles. The van der Waals surface area contributed by atoms with Gasteiger partial charge in [-0.1, -0.05) is 65.7 Å². The summed E-state index contributed by atoms with van der Waals surface area (Å²) in [5.41, 5.74) is 9.28. The van der Waals surface area contributed by atoms with Crippen molar-refractivity contribution in [1.29, 1.82) is 0 Å². The Hall–Kier alpha value is -2.73. The van der Waals surface area contributed by atoms with E-state index in [2.05, 4.69) is 24.0 Å². The van der Waals surface area contributed by atoms with E-state index >= 15 is 0 Å². The molecule has 3 aromatic rings. The second kappa shape index (κ2) is 12.7. The molecule has 0 spiro atoms. The zero-order chi connectivity index (χ0) is 26.4. The minimum absolute atomic E-state index is 0.0258. The standard InChI is InChI=1S/C30H34Cl2N2O3/c1-20-16-27(31)29(28(32)17-20)37-15-14-36-26-12-8-22(9-13-26)18-24(19-33)30(35)34(25-10-11-25)21(2)23-6-4-3-5-7-23/h3-9,12-13,16-17,21,24-25H,10-11,14-15,18-19,33H2,1-2H3. The molecule has 3 aromatic carbocycles. The summed E-state index contributed by atoms with van der Waals surface area (Å²) in [6.45, 7) is 5.00. The van der Waals surface area contributed by atoms with Crippen molar-refractivity contribution in [3.63, 3.8) is 0 Å². The van der Waals surface area contributed by atoms with Gasteiger partial charge in [0, 0.05) is 12.6 Å². The highest BCUT2D eigenvalue weighted by molar-refractivity contribution is 6.37. The fraction of sp³-hybridized carbons (Fsp3) is 0.367. The molecular weight excluding hydrogens is 507 g/mol. The molecule has 0 radical (unpaired) electrons. The van der Waals surface area contributed by atoms with Gasteiger partial charge in [0.1, 0.15) is 19.0 Å². The van der Waals surface area contributed by atoms with Crippen LogP contribution in [-0.2, 0) is 11.2 Å². The van der Waals surface area contributed by atoms with Gasteiger partial charge < -0.3 is 20.1 Å². The van der Waals surface area contributed by atoms with E-state index < -0.39 is 0 Å². The average molecular weight is 542 g/mol. The molecule has 1 saturated carbocycles. The van der Waals surface area contributed by atoms with Crippen LogP contribution in [0.1, 0.15) is 42.5 Å². The Morgan fingerprint density at radius 3 is 2.22 bits per heavy atom. The minimum Gasteiger partial charge on any atom is -0.490 e. The van der Waals surface area contributed by atoms with Crippen LogP contribution >= 0.6 is 23.2 Å². The van der Waals surface area contributed by atoms with Gasteiger partial charge in [-0.25, -0.2) is 0 Å². The largest absolute Gasteiger partial charge is 0.490 e. The number of amides is 1. The van der Waals surface area contributed by atoms with Gasteiger partial charge in [0.25, 0.3) is 0 Å². The van der Waals surface area contributed by atoms with Crippen molar-refractivity contribution in [2.24, 2.45) is 11.7 Å². The molecule has 0 saturated heterocycles. The molecule has 1 amide bonds. The summed E-state index contributed by atoms with van der Waals surface area (Å²) in [6.07, 6.45) is 2.70. The lowest BCUT2D eigenvalue weighted by molar-refractivity contribution is -0.138. The number of nitrogens with two attached hydrogens (primary N) is 1. The summed E-state index contributed by atoms with van der Waals surface area (Å²) in [5.74, 6) is 1.05. The van der Waals surface area contributed by atoms with Crippen molar-refractivity contribution in [3.05, 3.63) is 93.5 Å². The molecule has 0 aromatic heterocycles. The van der Waals surface area contributed by atoms with E-state index in [1.165, 1.54) is 0 Å². The molecule has 1 fully saturated rings. The summed E-state index contributed by atoms with van der Waals surface area (Å²) in [5, 5.41) is 0.966. The number of rotatable bonds is 12. The van der Waals surface area contributed by atoms with Crippen LogP contribution in [0.2, 0.25) is 10.0 Å². The highest BCUT2D eigenvalue weighted by atomic mass is 35.5. The lowest BCUT2D eigenvalue weighted by Crippen LogP contribution is -2.42. The van der Waals surface area contributed by atoms with Crippen LogP contribution in [0.3, 0.4) is 0 Å². The second-order valence-electron chi connectivity index (χ2n) is 9.60. The van der Waals surface area contributed by atoms with E-state index in [0.717, 1.165) is 35.3 Å². The Bertz CT molecular complexity index is 1160. The van der Waals surface area contributed by atoms with Gasteiger partial charge in [-0.3, -0.25) is 4.79 Å². The number of hydrogen-bond acceptors (Lipinski definition) is 4. The molecule has 2 N–H and O–H groups in total. The van der Waals surface area contributed by atoms with Crippen molar-refractivity contribution >= 4 is 29.1 Å². The van der Waals surface area contributed by atoms with Crippen LogP contribution < -0.4 is 15.2 Å². The van der Waals surface area contributed by atoms with Crippen LogP contribution in [0.5, 0.6) is 11.5 Å². The molecule has 0 aliphatic heterocycles.